The third-order valence-electron chi connectivity index (χ3n) is 5.10. The van der Waals surface area contributed by atoms with Crippen molar-refractivity contribution >= 4 is 17.5 Å². The molecule has 1 amide bonds. The Bertz CT molecular complexity index is 756. The van der Waals surface area contributed by atoms with Crippen molar-refractivity contribution in [2.75, 3.05) is 27.3 Å². The van der Waals surface area contributed by atoms with Crippen LogP contribution in [0.2, 0.25) is 5.02 Å². The van der Waals surface area contributed by atoms with Gasteiger partial charge in [-0.2, -0.15) is 0 Å². The van der Waals surface area contributed by atoms with Crippen molar-refractivity contribution in [3.63, 3.8) is 0 Å². The van der Waals surface area contributed by atoms with E-state index in [2.05, 4.69) is 0 Å². The molecule has 1 aliphatic carbocycles. The number of halogens is 1. The first-order valence-electron chi connectivity index (χ1n) is 8.84. The van der Waals surface area contributed by atoms with E-state index in [0.717, 1.165) is 36.3 Å². The van der Waals surface area contributed by atoms with Gasteiger partial charge in [0.15, 0.2) is 0 Å². The minimum Gasteiger partial charge on any atom is -0.497 e. The third kappa shape index (κ3) is 3.80. The molecule has 3 rings (SSSR count). The Morgan fingerprint density at radius 3 is 2.42 bits per heavy atom. The van der Waals surface area contributed by atoms with Gasteiger partial charge in [0.25, 0.3) is 0 Å². The van der Waals surface area contributed by atoms with Gasteiger partial charge >= 0.3 is 0 Å². The van der Waals surface area contributed by atoms with E-state index >= 15 is 0 Å². The van der Waals surface area contributed by atoms with Gasteiger partial charge in [-0.15, -0.1) is 0 Å². The molecule has 5 heteroatoms. The van der Waals surface area contributed by atoms with Gasteiger partial charge in [-0.1, -0.05) is 30.2 Å². The first kappa shape index (κ1) is 18.6. The summed E-state index contributed by atoms with van der Waals surface area (Å²) in [7, 11) is 3.47. The van der Waals surface area contributed by atoms with Gasteiger partial charge in [-0.05, 0) is 54.8 Å². The van der Waals surface area contributed by atoms with Crippen molar-refractivity contribution in [3.8, 4) is 11.5 Å². The SMILES string of the molecule is COc1ccc(OCCN(C)C(=O)C2(c3cccc(Cl)c3)CCC2)cc1. The summed E-state index contributed by atoms with van der Waals surface area (Å²) in [5, 5.41) is 0.673. The highest BCUT2D eigenvalue weighted by atomic mass is 35.5. The van der Waals surface area contributed by atoms with Crippen LogP contribution in [-0.4, -0.2) is 38.1 Å². The average Bonchev–Trinajstić information content (AvgIpc) is 2.61. The van der Waals surface area contributed by atoms with E-state index in [0.29, 0.717) is 18.2 Å². The maximum atomic E-state index is 13.1. The molecular weight excluding hydrogens is 350 g/mol. The van der Waals surface area contributed by atoms with E-state index in [1.165, 1.54) is 0 Å². The maximum Gasteiger partial charge on any atom is 0.233 e. The Labute approximate surface area is 159 Å². The standard InChI is InChI=1S/C21H24ClNO3/c1-23(13-14-26-19-9-7-18(25-2)8-10-19)20(24)21(11-4-12-21)16-5-3-6-17(22)15-16/h3,5-10,15H,4,11-14H2,1-2H3. The molecule has 2 aromatic rings. The zero-order valence-electron chi connectivity index (χ0n) is 15.2. The van der Waals surface area contributed by atoms with Crippen LogP contribution in [0.5, 0.6) is 11.5 Å². The van der Waals surface area contributed by atoms with E-state index in [1.807, 2.05) is 55.6 Å². The number of methoxy groups -OCH3 is 1. The van der Waals surface area contributed by atoms with Crippen molar-refractivity contribution in [1.82, 2.24) is 4.90 Å². The summed E-state index contributed by atoms with van der Waals surface area (Å²) < 4.78 is 10.9. The Hall–Kier alpha value is -2.20. The second kappa shape index (κ2) is 8.00. The highest BCUT2D eigenvalue weighted by Gasteiger charge is 2.46. The van der Waals surface area contributed by atoms with Crippen LogP contribution in [-0.2, 0) is 10.2 Å². The van der Waals surface area contributed by atoms with Gasteiger partial charge in [0, 0.05) is 12.1 Å². The predicted octanol–water partition coefficient (Wildman–Crippen LogP) is 4.31. The maximum absolute atomic E-state index is 13.1. The van der Waals surface area contributed by atoms with Crippen molar-refractivity contribution in [3.05, 3.63) is 59.1 Å². The molecule has 0 N–H and O–H groups in total. The molecule has 2 aromatic carbocycles. The largest absolute Gasteiger partial charge is 0.497 e. The molecule has 138 valence electrons. The van der Waals surface area contributed by atoms with Crippen molar-refractivity contribution in [1.29, 1.82) is 0 Å². The Morgan fingerprint density at radius 1 is 1.15 bits per heavy atom. The number of hydrogen-bond acceptors (Lipinski definition) is 3. The lowest BCUT2D eigenvalue weighted by molar-refractivity contribution is -0.139. The smallest absolute Gasteiger partial charge is 0.233 e. The minimum atomic E-state index is -0.431. The van der Waals surface area contributed by atoms with Gasteiger partial charge in [0.2, 0.25) is 5.91 Å². The van der Waals surface area contributed by atoms with Crippen LogP contribution in [0.4, 0.5) is 0 Å². The number of hydrogen-bond donors (Lipinski definition) is 0. The van der Waals surface area contributed by atoms with Crippen LogP contribution in [0.15, 0.2) is 48.5 Å². The van der Waals surface area contributed by atoms with Crippen LogP contribution < -0.4 is 9.47 Å². The summed E-state index contributed by atoms with van der Waals surface area (Å²) in [6, 6.07) is 15.1. The van der Waals surface area contributed by atoms with Crippen LogP contribution in [0.3, 0.4) is 0 Å². The highest BCUT2D eigenvalue weighted by Crippen LogP contribution is 2.45. The van der Waals surface area contributed by atoms with Crippen molar-refractivity contribution < 1.29 is 14.3 Å². The number of nitrogens with zero attached hydrogens (tertiary/aromatic N) is 1. The number of likely N-dealkylation sites (N-methyl/N-ethyl adjacent to an activating group) is 1. The van der Waals surface area contributed by atoms with E-state index in [4.69, 9.17) is 21.1 Å². The zero-order chi connectivity index (χ0) is 18.6. The fourth-order valence-corrected chi connectivity index (χ4v) is 3.57. The Balaban J connectivity index is 1.59. The van der Waals surface area contributed by atoms with Gasteiger partial charge in [0.1, 0.15) is 18.1 Å². The van der Waals surface area contributed by atoms with Crippen LogP contribution in [0.25, 0.3) is 0 Å². The molecule has 1 aliphatic rings. The van der Waals surface area contributed by atoms with Gasteiger partial charge in [-0.25, -0.2) is 0 Å². The molecule has 0 heterocycles. The Morgan fingerprint density at radius 2 is 1.85 bits per heavy atom. The lowest BCUT2D eigenvalue weighted by Crippen LogP contribution is -2.50. The molecular formula is C21H24ClNO3. The predicted molar refractivity (Wildman–Crippen MR) is 103 cm³/mol. The average molecular weight is 374 g/mol. The quantitative estimate of drug-likeness (QED) is 0.726. The lowest BCUT2D eigenvalue weighted by atomic mass is 9.63. The minimum absolute atomic E-state index is 0.143. The summed E-state index contributed by atoms with van der Waals surface area (Å²) in [6.07, 6.45) is 2.81. The fourth-order valence-electron chi connectivity index (χ4n) is 3.38. The monoisotopic (exact) mass is 373 g/mol. The summed E-state index contributed by atoms with van der Waals surface area (Å²) in [5.41, 5.74) is 0.587. The normalized spacial score (nSPS) is 15.0. The Kier molecular flexibility index (Phi) is 5.72. The lowest BCUT2D eigenvalue weighted by Gasteiger charge is -2.43. The second-order valence-electron chi connectivity index (χ2n) is 6.70. The van der Waals surface area contributed by atoms with Gasteiger partial charge in [-0.3, -0.25) is 4.79 Å². The molecule has 26 heavy (non-hydrogen) atoms. The topological polar surface area (TPSA) is 38.8 Å². The third-order valence-corrected chi connectivity index (χ3v) is 5.33. The van der Waals surface area contributed by atoms with Gasteiger partial charge in [0.05, 0.1) is 19.1 Å². The molecule has 0 saturated heterocycles. The molecule has 0 aromatic heterocycles. The highest BCUT2D eigenvalue weighted by molar-refractivity contribution is 6.30. The number of benzene rings is 2. The summed E-state index contributed by atoms with van der Waals surface area (Å²) in [6.45, 7) is 0.980. The molecule has 0 aliphatic heterocycles. The number of ether oxygens (including phenoxy) is 2. The van der Waals surface area contributed by atoms with E-state index in [1.54, 1.807) is 12.0 Å². The van der Waals surface area contributed by atoms with E-state index < -0.39 is 5.41 Å². The van der Waals surface area contributed by atoms with E-state index in [9.17, 15) is 4.79 Å². The first-order chi connectivity index (χ1) is 12.5. The molecule has 0 radical (unpaired) electrons. The number of rotatable bonds is 7. The molecule has 0 atom stereocenters. The zero-order valence-corrected chi connectivity index (χ0v) is 16.0. The summed E-state index contributed by atoms with van der Waals surface area (Å²) in [4.78, 5) is 14.9. The second-order valence-corrected chi connectivity index (χ2v) is 7.13. The number of amides is 1. The van der Waals surface area contributed by atoms with Crippen molar-refractivity contribution in [2.24, 2.45) is 0 Å². The van der Waals surface area contributed by atoms with Crippen LogP contribution >= 0.6 is 11.6 Å². The molecule has 0 bridgehead atoms. The molecule has 1 fully saturated rings. The molecule has 4 nitrogen and oxygen atoms in total. The molecule has 1 saturated carbocycles. The van der Waals surface area contributed by atoms with Crippen molar-refractivity contribution in [2.45, 2.75) is 24.7 Å². The number of carbonyl (C=O) groups excluding carboxylic acids is 1. The number of carbonyl (C=O) groups is 1. The summed E-state index contributed by atoms with van der Waals surface area (Å²) in [5.74, 6) is 1.70. The summed E-state index contributed by atoms with van der Waals surface area (Å²) >= 11 is 6.14. The van der Waals surface area contributed by atoms with E-state index in [-0.39, 0.29) is 5.91 Å². The van der Waals surface area contributed by atoms with Gasteiger partial charge < -0.3 is 14.4 Å². The van der Waals surface area contributed by atoms with Crippen LogP contribution in [0.1, 0.15) is 24.8 Å². The van der Waals surface area contributed by atoms with Crippen LogP contribution in [0, 0.1) is 0 Å². The molecule has 0 unspecified atom stereocenters. The first-order valence-corrected chi connectivity index (χ1v) is 9.21. The molecule has 0 spiro atoms. The fraction of sp³-hybridized carbons (Fsp3) is 0.381.